The van der Waals surface area contributed by atoms with Crippen LogP contribution in [-0.2, 0) is 17.8 Å². The van der Waals surface area contributed by atoms with E-state index in [1.54, 1.807) is 18.4 Å². The van der Waals surface area contributed by atoms with Crippen molar-refractivity contribution in [3.05, 3.63) is 46.3 Å². The maximum absolute atomic E-state index is 12.3. The van der Waals surface area contributed by atoms with Crippen molar-refractivity contribution in [3.63, 3.8) is 0 Å². The minimum absolute atomic E-state index is 0.231. The Morgan fingerprint density at radius 1 is 1.22 bits per heavy atom. The minimum atomic E-state index is 0.231. The third-order valence-electron chi connectivity index (χ3n) is 4.07. The number of carbonyl (C=O) groups is 1. The molecule has 23 heavy (non-hydrogen) atoms. The molecule has 3 rings (SSSR count). The monoisotopic (exact) mass is 331 g/mol. The molecule has 0 N–H and O–H groups in total. The Bertz CT molecular complexity index is 620. The number of aromatic nitrogens is 1. The molecule has 0 spiro atoms. The molecule has 0 saturated carbocycles. The Hall–Kier alpha value is -1.92. The number of pyridine rings is 1. The number of methoxy groups -OCH3 is 1. The number of nitrogens with zero attached hydrogens (tertiary/aromatic N) is 3. The molecule has 1 aliphatic rings. The summed E-state index contributed by atoms with van der Waals surface area (Å²) in [5, 5.41) is 4.06. The smallest absolute Gasteiger partial charge is 0.227 e. The van der Waals surface area contributed by atoms with E-state index < -0.39 is 0 Å². The number of piperazine rings is 1. The molecule has 1 aliphatic heterocycles. The maximum atomic E-state index is 12.3. The Balaban J connectivity index is 1.47. The molecule has 122 valence electrons. The maximum Gasteiger partial charge on any atom is 0.227 e. The molecule has 0 atom stereocenters. The van der Waals surface area contributed by atoms with Gasteiger partial charge in [0.15, 0.2) is 0 Å². The summed E-state index contributed by atoms with van der Waals surface area (Å²) in [6.45, 7) is 4.27. The van der Waals surface area contributed by atoms with Crippen LogP contribution in [0, 0.1) is 0 Å². The molecule has 2 aromatic rings. The first-order valence-electron chi connectivity index (χ1n) is 7.75. The van der Waals surface area contributed by atoms with Crippen molar-refractivity contribution in [1.82, 2.24) is 14.8 Å². The average molecular weight is 331 g/mol. The van der Waals surface area contributed by atoms with E-state index >= 15 is 0 Å². The Labute approximate surface area is 140 Å². The molecule has 1 amide bonds. The summed E-state index contributed by atoms with van der Waals surface area (Å²) in [5.74, 6) is 0.867. The lowest BCUT2D eigenvalue weighted by molar-refractivity contribution is -0.132. The molecule has 3 heterocycles. The lowest BCUT2D eigenvalue weighted by Crippen LogP contribution is -2.48. The van der Waals surface area contributed by atoms with Gasteiger partial charge in [-0.3, -0.25) is 9.69 Å². The van der Waals surface area contributed by atoms with Crippen molar-refractivity contribution < 1.29 is 9.53 Å². The van der Waals surface area contributed by atoms with Gasteiger partial charge < -0.3 is 9.64 Å². The summed E-state index contributed by atoms with van der Waals surface area (Å²) in [6.07, 6.45) is 2.37. The molecule has 0 unspecified atom stereocenters. The highest BCUT2D eigenvalue weighted by Gasteiger charge is 2.21. The summed E-state index contributed by atoms with van der Waals surface area (Å²) in [6, 6.07) is 5.95. The van der Waals surface area contributed by atoms with Crippen molar-refractivity contribution in [1.29, 1.82) is 0 Å². The number of rotatable bonds is 5. The number of hydrogen-bond donors (Lipinski definition) is 0. The van der Waals surface area contributed by atoms with Gasteiger partial charge in [-0.2, -0.15) is 11.3 Å². The van der Waals surface area contributed by atoms with Gasteiger partial charge in [0.05, 0.1) is 13.5 Å². The minimum Gasteiger partial charge on any atom is -0.481 e. The Kier molecular flexibility index (Phi) is 5.25. The highest BCUT2D eigenvalue weighted by atomic mass is 32.1. The summed E-state index contributed by atoms with van der Waals surface area (Å²) < 4.78 is 5.07. The molecule has 1 saturated heterocycles. The van der Waals surface area contributed by atoms with E-state index in [0.717, 1.165) is 38.3 Å². The summed E-state index contributed by atoms with van der Waals surface area (Å²) in [7, 11) is 1.62. The standard InChI is InChI=1S/C17H21N3O2S/c1-22-16-3-2-15(11-18-16)12-19-5-7-20(8-6-19)17(21)10-14-4-9-23-13-14/h2-4,9,11,13H,5-8,10,12H2,1H3. The number of thiophene rings is 1. The number of hydrogen-bond acceptors (Lipinski definition) is 5. The lowest BCUT2D eigenvalue weighted by Gasteiger charge is -2.34. The van der Waals surface area contributed by atoms with Crippen LogP contribution in [0.1, 0.15) is 11.1 Å². The van der Waals surface area contributed by atoms with Gasteiger partial charge in [0, 0.05) is 45.0 Å². The van der Waals surface area contributed by atoms with Gasteiger partial charge in [-0.15, -0.1) is 0 Å². The second-order valence-corrected chi connectivity index (χ2v) is 6.45. The van der Waals surface area contributed by atoms with Gasteiger partial charge in [-0.1, -0.05) is 6.07 Å². The highest BCUT2D eigenvalue weighted by molar-refractivity contribution is 7.07. The van der Waals surface area contributed by atoms with Crippen LogP contribution in [0.3, 0.4) is 0 Å². The predicted molar refractivity (Wildman–Crippen MR) is 90.7 cm³/mol. The summed E-state index contributed by atoms with van der Waals surface area (Å²) >= 11 is 1.64. The first-order valence-corrected chi connectivity index (χ1v) is 8.69. The third-order valence-corrected chi connectivity index (χ3v) is 4.81. The van der Waals surface area contributed by atoms with E-state index in [1.165, 1.54) is 5.56 Å². The zero-order valence-corrected chi connectivity index (χ0v) is 14.1. The zero-order chi connectivity index (χ0) is 16.1. The molecule has 1 fully saturated rings. The van der Waals surface area contributed by atoms with Gasteiger partial charge in [-0.25, -0.2) is 4.98 Å². The SMILES string of the molecule is COc1ccc(CN2CCN(C(=O)Cc3ccsc3)CC2)cn1. The average Bonchev–Trinajstić information content (AvgIpc) is 3.09. The molecule has 0 aliphatic carbocycles. The van der Waals surface area contributed by atoms with Crippen LogP contribution in [0.25, 0.3) is 0 Å². The van der Waals surface area contributed by atoms with Crippen LogP contribution in [0.4, 0.5) is 0 Å². The van der Waals surface area contributed by atoms with E-state index in [-0.39, 0.29) is 5.91 Å². The second kappa shape index (κ2) is 7.57. The largest absolute Gasteiger partial charge is 0.481 e. The lowest BCUT2D eigenvalue weighted by atomic mass is 10.2. The Morgan fingerprint density at radius 3 is 2.65 bits per heavy atom. The molecule has 6 heteroatoms. The van der Waals surface area contributed by atoms with Crippen molar-refractivity contribution in [2.24, 2.45) is 0 Å². The third kappa shape index (κ3) is 4.30. The van der Waals surface area contributed by atoms with Crippen molar-refractivity contribution in [2.75, 3.05) is 33.3 Å². The molecule has 5 nitrogen and oxygen atoms in total. The molecule has 2 aromatic heterocycles. The molecule has 0 aromatic carbocycles. The van der Waals surface area contributed by atoms with Crippen molar-refractivity contribution in [2.45, 2.75) is 13.0 Å². The van der Waals surface area contributed by atoms with Gasteiger partial charge in [-0.05, 0) is 28.0 Å². The van der Waals surface area contributed by atoms with Crippen molar-refractivity contribution >= 4 is 17.2 Å². The Morgan fingerprint density at radius 2 is 2.04 bits per heavy atom. The van der Waals surface area contributed by atoms with E-state index in [1.807, 2.05) is 40.1 Å². The predicted octanol–water partition coefficient (Wildman–Crippen LogP) is 2.04. The first kappa shape index (κ1) is 16.0. The fraction of sp³-hybridized carbons (Fsp3) is 0.412. The highest BCUT2D eigenvalue weighted by Crippen LogP contribution is 2.13. The molecule has 0 radical (unpaired) electrons. The van der Waals surface area contributed by atoms with Crippen LogP contribution >= 0.6 is 11.3 Å². The van der Waals surface area contributed by atoms with E-state index in [4.69, 9.17) is 4.74 Å². The topological polar surface area (TPSA) is 45.7 Å². The van der Waals surface area contributed by atoms with Crippen molar-refractivity contribution in [3.8, 4) is 5.88 Å². The van der Waals surface area contributed by atoms with Crippen LogP contribution in [0.2, 0.25) is 0 Å². The van der Waals surface area contributed by atoms with Gasteiger partial charge in [0.2, 0.25) is 11.8 Å². The molecule has 0 bridgehead atoms. The number of amides is 1. The van der Waals surface area contributed by atoms with Crippen LogP contribution < -0.4 is 4.74 Å². The van der Waals surface area contributed by atoms with Crippen LogP contribution in [-0.4, -0.2) is 54.0 Å². The van der Waals surface area contributed by atoms with Crippen LogP contribution in [0.5, 0.6) is 5.88 Å². The second-order valence-electron chi connectivity index (χ2n) is 5.67. The summed E-state index contributed by atoms with van der Waals surface area (Å²) in [4.78, 5) is 20.9. The molecular formula is C17H21N3O2S. The first-order chi connectivity index (χ1) is 11.2. The fourth-order valence-electron chi connectivity index (χ4n) is 2.72. The fourth-order valence-corrected chi connectivity index (χ4v) is 3.39. The summed E-state index contributed by atoms with van der Waals surface area (Å²) in [5.41, 5.74) is 2.29. The van der Waals surface area contributed by atoms with Gasteiger partial charge >= 0.3 is 0 Å². The zero-order valence-electron chi connectivity index (χ0n) is 13.3. The van der Waals surface area contributed by atoms with Gasteiger partial charge in [0.25, 0.3) is 0 Å². The van der Waals surface area contributed by atoms with E-state index in [0.29, 0.717) is 12.3 Å². The quantitative estimate of drug-likeness (QED) is 0.841. The normalized spacial score (nSPS) is 15.6. The molecular weight excluding hydrogens is 310 g/mol. The van der Waals surface area contributed by atoms with Gasteiger partial charge in [0.1, 0.15) is 0 Å². The van der Waals surface area contributed by atoms with E-state index in [9.17, 15) is 4.79 Å². The van der Waals surface area contributed by atoms with Crippen LogP contribution in [0.15, 0.2) is 35.2 Å². The number of ether oxygens (including phenoxy) is 1. The van der Waals surface area contributed by atoms with E-state index in [2.05, 4.69) is 9.88 Å². The number of carbonyl (C=O) groups excluding carboxylic acids is 1.